The first-order chi connectivity index (χ1) is 18.1. The first-order valence-corrected chi connectivity index (χ1v) is 15.5. The number of carbonyl (C=O) groups excluding carboxylic acids is 1. The van der Waals surface area contributed by atoms with Crippen molar-refractivity contribution in [2.45, 2.75) is 136 Å². The van der Waals surface area contributed by atoms with E-state index >= 15 is 0 Å². The van der Waals surface area contributed by atoms with Gasteiger partial charge in [0.05, 0.1) is 6.61 Å². The van der Waals surface area contributed by atoms with Gasteiger partial charge < -0.3 is 10.1 Å². The van der Waals surface area contributed by atoms with Crippen LogP contribution >= 0.6 is 0 Å². The van der Waals surface area contributed by atoms with Crippen molar-refractivity contribution >= 4 is 22.4 Å². The number of nitrogens with one attached hydrogen (secondary N) is 1. The lowest BCUT2D eigenvalue weighted by Gasteiger charge is -2.21. The lowest BCUT2D eigenvalue weighted by Crippen LogP contribution is -2.33. The molecule has 1 atom stereocenters. The van der Waals surface area contributed by atoms with Crippen molar-refractivity contribution in [3.63, 3.8) is 0 Å². The average molecular weight is 510 g/mol. The van der Waals surface area contributed by atoms with E-state index in [-0.39, 0.29) is 12.0 Å². The van der Waals surface area contributed by atoms with Gasteiger partial charge in [-0.2, -0.15) is 0 Å². The minimum Gasteiger partial charge on any atom is -0.464 e. The maximum atomic E-state index is 12.9. The monoisotopic (exact) mass is 509 g/mol. The van der Waals surface area contributed by atoms with Gasteiger partial charge in [0, 0.05) is 11.1 Å². The van der Waals surface area contributed by atoms with E-state index in [1.165, 1.54) is 95.3 Å². The van der Waals surface area contributed by atoms with E-state index in [4.69, 9.17) is 4.74 Å². The smallest absolute Gasteiger partial charge is 0.328 e. The Bertz CT molecular complexity index is 841. The molecule has 208 valence electrons. The number of hydrogen-bond acceptors (Lipinski definition) is 3. The Labute approximate surface area is 228 Å². The van der Waals surface area contributed by atoms with E-state index in [2.05, 4.69) is 50.4 Å². The van der Waals surface area contributed by atoms with Crippen LogP contribution in [0.3, 0.4) is 0 Å². The molecule has 0 radical (unpaired) electrons. The average Bonchev–Trinajstić information content (AvgIpc) is 2.90. The molecular formula is C34H55NO2. The summed E-state index contributed by atoms with van der Waals surface area (Å²) in [6.45, 7) is 7.12. The standard InChI is InChI=1S/C34H55NO2/c1-4-5-6-7-8-9-10-11-12-13-14-15-16-17-18-21-27-37-34(36)33(28-29(2)3)35-32-26-22-24-30-23-19-20-25-31(30)32/h19-20,22-26,29,33,35H,4-18,21,27-28H2,1-3H3. The van der Waals surface area contributed by atoms with Gasteiger partial charge in [-0.05, 0) is 30.2 Å². The van der Waals surface area contributed by atoms with E-state index < -0.39 is 0 Å². The van der Waals surface area contributed by atoms with E-state index in [9.17, 15) is 4.79 Å². The van der Waals surface area contributed by atoms with Gasteiger partial charge in [0.25, 0.3) is 0 Å². The lowest BCUT2D eigenvalue weighted by atomic mass is 10.0. The number of rotatable bonds is 22. The minimum absolute atomic E-state index is 0.123. The molecule has 0 aliphatic heterocycles. The van der Waals surface area contributed by atoms with E-state index in [1.54, 1.807) is 0 Å². The number of unbranched alkanes of at least 4 members (excludes halogenated alkanes) is 15. The highest BCUT2D eigenvalue weighted by Gasteiger charge is 2.22. The van der Waals surface area contributed by atoms with Crippen LogP contribution in [0.2, 0.25) is 0 Å². The van der Waals surface area contributed by atoms with E-state index in [1.807, 2.05) is 18.2 Å². The fourth-order valence-electron chi connectivity index (χ4n) is 5.15. The molecular weight excluding hydrogens is 454 g/mol. The second-order valence-electron chi connectivity index (χ2n) is 11.3. The van der Waals surface area contributed by atoms with Gasteiger partial charge in [-0.25, -0.2) is 4.79 Å². The maximum absolute atomic E-state index is 12.9. The Balaban J connectivity index is 1.52. The molecule has 3 heteroatoms. The number of anilines is 1. The van der Waals surface area contributed by atoms with Gasteiger partial charge >= 0.3 is 5.97 Å². The highest BCUT2D eigenvalue weighted by atomic mass is 16.5. The number of fused-ring (bicyclic) bond motifs is 1. The summed E-state index contributed by atoms with van der Waals surface area (Å²) in [5.74, 6) is 0.290. The number of esters is 1. The van der Waals surface area contributed by atoms with Gasteiger partial charge in [-0.3, -0.25) is 0 Å². The number of benzene rings is 2. The van der Waals surface area contributed by atoms with Gasteiger partial charge in [0.1, 0.15) is 6.04 Å². The van der Waals surface area contributed by atoms with Crippen LogP contribution in [0.1, 0.15) is 130 Å². The first-order valence-electron chi connectivity index (χ1n) is 15.5. The van der Waals surface area contributed by atoms with Crippen LogP contribution in [0, 0.1) is 5.92 Å². The zero-order chi connectivity index (χ0) is 26.6. The second-order valence-corrected chi connectivity index (χ2v) is 11.3. The first kappa shape index (κ1) is 31.2. The van der Waals surface area contributed by atoms with Crippen molar-refractivity contribution < 1.29 is 9.53 Å². The van der Waals surface area contributed by atoms with Crippen molar-refractivity contribution in [3.05, 3.63) is 42.5 Å². The molecule has 0 spiro atoms. The summed E-state index contributed by atoms with van der Waals surface area (Å²) < 4.78 is 5.71. The van der Waals surface area contributed by atoms with Crippen LogP contribution in [-0.2, 0) is 9.53 Å². The Hall–Kier alpha value is -2.03. The molecule has 2 aromatic rings. The van der Waals surface area contributed by atoms with Crippen LogP contribution in [0.25, 0.3) is 10.8 Å². The quantitative estimate of drug-likeness (QED) is 0.127. The van der Waals surface area contributed by atoms with Crippen molar-refractivity contribution in [1.29, 1.82) is 0 Å². The summed E-state index contributed by atoms with van der Waals surface area (Å²) in [6.07, 6.45) is 22.3. The van der Waals surface area contributed by atoms with Gasteiger partial charge in [0.2, 0.25) is 0 Å². The zero-order valence-corrected chi connectivity index (χ0v) is 24.2. The van der Waals surface area contributed by atoms with E-state index in [0.717, 1.165) is 30.3 Å². The Morgan fingerprint density at radius 1 is 0.703 bits per heavy atom. The molecule has 0 saturated carbocycles. The van der Waals surface area contributed by atoms with Crippen LogP contribution < -0.4 is 5.32 Å². The normalized spacial score (nSPS) is 12.2. The predicted octanol–water partition coefficient (Wildman–Crippen LogP) is 10.5. The number of carbonyl (C=O) groups is 1. The maximum Gasteiger partial charge on any atom is 0.328 e. The number of ether oxygens (including phenoxy) is 1. The molecule has 0 aliphatic rings. The van der Waals surface area contributed by atoms with Crippen LogP contribution in [0.5, 0.6) is 0 Å². The summed E-state index contributed by atoms with van der Waals surface area (Å²) in [5.41, 5.74) is 1.00. The van der Waals surface area contributed by atoms with Crippen LogP contribution in [0.4, 0.5) is 5.69 Å². The summed E-state index contributed by atoms with van der Waals surface area (Å²) in [5, 5.41) is 5.81. The largest absolute Gasteiger partial charge is 0.464 e. The molecule has 0 amide bonds. The molecule has 2 aromatic carbocycles. The Kier molecular flexibility index (Phi) is 16.9. The van der Waals surface area contributed by atoms with Gasteiger partial charge in [-0.15, -0.1) is 0 Å². The summed E-state index contributed by atoms with van der Waals surface area (Å²) in [6, 6.07) is 14.2. The third-order valence-corrected chi connectivity index (χ3v) is 7.35. The van der Waals surface area contributed by atoms with Gasteiger partial charge in [0.15, 0.2) is 0 Å². The second kappa shape index (κ2) is 20.0. The molecule has 0 bridgehead atoms. The van der Waals surface area contributed by atoms with Crippen molar-refractivity contribution in [2.24, 2.45) is 5.92 Å². The molecule has 0 aliphatic carbocycles. The molecule has 0 fully saturated rings. The topological polar surface area (TPSA) is 38.3 Å². The molecule has 0 saturated heterocycles. The SMILES string of the molecule is CCCCCCCCCCCCCCCCCCOC(=O)C(CC(C)C)Nc1cccc2ccccc12. The van der Waals surface area contributed by atoms with Crippen LogP contribution in [0.15, 0.2) is 42.5 Å². The third-order valence-electron chi connectivity index (χ3n) is 7.35. The summed E-state index contributed by atoms with van der Waals surface area (Å²) in [7, 11) is 0. The molecule has 3 nitrogen and oxygen atoms in total. The fourth-order valence-corrected chi connectivity index (χ4v) is 5.15. The lowest BCUT2D eigenvalue weighted by molar-refractivity contribution is -0.145. The minimum atomic E-state index is -0.313. The van der Waals surface area contributed by atoms with E-state index in [0.29, 0.717) is 12.5 Å². The van der Waals surface area contributed by atoms with Crippen LogP contribution in [-0.4, -0.2) is 18.6 Å². The zero-order valence-electron chi connectivity index (χ0n) is 24.2. The Morgan fingerprint density at radius 3 is 1.78 bits per heavy atom. The molecule has 37 heavy (non-hydrogen) atoms. The fraction of sp³-hybridized carbons (Fsp3) is 0.676. The molecule has 0 heterocycles. The van der Waals surface area contributed by atoms with Crippen molar-refractivity contribution in [2.75, 3.05) is 11.9 Å². The summed E-state index contributed by atoms with van der Waals surface area (Å²) in [4.78, 5) is 12.9. The molecule has 1 unspecified atom stereocenters. The highest BCUT2D eigenvalue weighted by molar-refractivity contribution is 5.95. The third kappa shape index (κ3) is 13.9. The molecule has 1 N–H and O–H groups in total. The van der Waals surface area contributed by atoms with Gasteiger partial charge in [-0.1, -0.05) is 153 Å². The summed E-state index contributed by atoms with van der Waals surface area (Å²) >= 11 is 0. The predicted molar refractivity (Wildman–Crippen MR) is 161 cm³/mol. The molecule has 2 rings (SSSR count). The van der Waals surface area contributed by atoms with Crippen molar-refractivity contribution in [3.8, 4) is 0 Å². The number of hydrogen-bond donors (Lipinski definition) is 1. The molecule has 0 aromatic heterocycles. The van der Waals surface area contributed by atoms with Crippen molar-refractivity contribution in [1.82, 2.24) is 0 Å². The Morgan fingerprint density at radius 2 is 1.22 bits per heavy atom. The highest BCUT2D eigenvalue weighted by Crippen LogP contribution is 2.25.